The number of nitrogens with zero attached hydrogens (tertiary/aromatic N) is 1. The predicted octanol–water partition coefficient (Wildman–Crippen LogP) is 12.6. The lowest BCUT2D eigenvalue weighted by Crippen LogP contribution is -2.20. The molecule has 0 N–H and O–H groups in total. The zero-order valence-corrected chi connectivity index (χ0v) is 29.9. The molecule has 0 aliphatic heterocycles. The van der Waals surface area contributed by atoms with Gasteiger partial charge in [0, 0.05) is 7.11 Å². The molecule has 2 aromatic carbocycles. The Morgan fingerprint density at radius 1 is 0.778 bits per heavy atom. The normalized spacial score (nSPS) is 13.3. The quantitative estimate of drug-likeness (QED) is 0.0689. The lowest BCUT2D eigenvalue weighted by atomic mass is 10.0. The number of unbranched alkanes of at least 4 members (excludes halogenated alkanes) is 16. The van der Waals surface area contributed by atoms with Crippen molar-refractivity contribution in [2.75, 3.05) is 13.7 Å². The van der Waals surface area contributed by atoms with Crippen LogP contribution in [0.25, 0.3) is 0 Å². The second kappa shape index (κ2) is 24.6. The summed E-state index contributed by atoms with van der Waals surface area (Å²) < 4.78 is 35.8. The second-order valence-corrected chi connectivity index (χ2v) is 14.3. The third-order valence-corrected chi connectivity index (χ3v) is 9.92. The summed E-state index contributed by atoms with van der Waals surface area (Å²) in [6.07, 6.45) is 22.7. The molecular formula is C36H54Cl2NO5P. The van der Waals surface area contributed by atoms with Crippen molar-refractivity contribution in [1.29, 1.82) is 5.26 Å². The molecule has 0 aliphatic rings. The van der Waals surface area contributed by atoms with Crippen LogP contribution < -0.4 is 4.52 Å². The fourth-order valence-electron chi connectivity index (χ4n) is 5.19. The first-order valence-corrected chi connectivity index (χ1v) is 19.2. The van der Waals surface area contributed by atoms with Crippen molar-refractivity contribution in [3.8, 4) is 11.8 Å². The molecule has 9 heteroatoms. The minimum absolute atomic E-state index is 0.0262. The Hall–Kier alpha value is -1.58. The van der Waals surface area contributed by atoms with Crippen LogP contribution in [-0.2, 0) is 25.0 Å². The van der Waals surface area contributed by atoms with Gasteiger partial charge in [0.1, 0.15) is 11.8 Å². The molecule has 0 bridgehead atoms. The molecule has 0 saturated carbocycles. The molecule has 2 aromatic rings. The molecule has 2 rings (SSSR count). The van der Waals surface area contributed by atoms with Gasteiger partial charge in [-0.1, -0.05) is 157 Å². The van der Waals surface area contributed by atoms with Crippen molar-refractivity contribution in [2.45, 2.75) is 135 Å². The summed E-state index contributed by atoms with van der Waals surface area (Å²) in [6, 6.07) is 14.0. The molecule has 0 saturated heterocycles. The van der Waals surface area contributed by atoms with E-state index < -0.39 is 7.82 Å². The maximum absolute atomic E-state index is 13.2. The maximum Gasteiger partial charge on any atom is 0.529 e. The molecular weight excluding hydrogens is 628 g/mol. The van der Waals surface area contributed by atoms with Gasteiger partial charge >= 0.3 is 7.82 Å². The Morgan fingerprint density at radius 2 is 1.33 bits per heavy atom. The van der Waals surface area contributed by atoms with Gasteiger partial charge in [0.2, 0.25) is 0 Å². The van der Waals surface area contributed by atoms with Crippen LogP contribution in [0.2, 0.25) is 10.0 Å². The van der Waals surface area contributed by atoms with Gasteiger partial charge in [-0.05, 0) is 36.2 Å². The van der Waals surface area contributed by atoms with Crippen LogP contribution in [0.1, 0.15) is 134 Å². The molecule has 0 fully saturated rings. The number of hydrogen-bond donors (Lipinski definition) is 0. The SMILES string of the molecule is CCCCCCCCCCCCCCCCCCC[C@H](COP(=O)(OC)Oc1ccccc1Cl)OCc1ccc(C#N)c(Cl)c1. The van der Waals surface area contributed by atoms with E-state index in [2.05, 4.69) is 13.0 Å². The van der Waals surface area contributed by atoms with E-state index in [1.54, 1.807) is 36.4 Å². The largest absolute Gasteiger partial charge is 0.529 e. The number of phosphoric ester groups is 1. The topological polar surface area (TPSA) is 77.8 Å². The molecule has 0 aromatic heterocycles. The number of halogens is 2. The van der Waals surface area contributed by atoms with E-state index in [1.807, 2.05) is 6.07 Å². The highest BCUT2D eigenvalue weighted by Gasteiger charge is 2.29. The molecule has 0 amide bonds. The van der Waals surface area contributed by atoms with Gasteiger partial charge in [0.25, 0.3) is 0 Å². The number of ether oxygens (including phenoxy) is 1. The van der Waals surface area contributed by atoms with Crippen molar-refractivity contribution in [2.24, 2.45) is 0 Å². The zero-order chi connectivity index (χ0) is 32.6. The third kappa shape index (κ3) is 17.8. The van der Waals surface area contributed by atoms with Gasteiger partial charge in [-0.2, -0.15) is 5.26 Å². The van der Waals surface area contributed by atoms with Crippen LogP contribution in [0.15, 0.2) is 42.5 Å². The van der Waals surface area contributed by atoms with Gasteiger partial charge < -0.3 is 9.26 Å². The molecule has 0 aliphatic carbocycles. The fraction of sp³-hybridized carbons (Fsp3) is 0.639. The standard InChI is InChI=1S/C36H54Cl2NO5P/c1-3-4-5-6-7-8-9-10-11-12-13-14-15-16-17-18-19-22-33(42-29-31-25-26-32(28-39)35(38)27-31)30-43-45(40,41-2)44-36-24-21-20-23-34(36)37/h20-21,23-27,33H,3-19,22,29-30H2,1-2H3/t33-,45?/m1/s1. The highest BCUT2D eigenvalue weighted by molar-refractivity contribution is 7.48. The average Bonchev–Trinajstić information content (AvgIpc) is 3.04. The minimum Gasteiger partial charge on any atom is -0.402 e. The number of hydrogen-bond acceptors (Lipinski definition) is 6. The molecule has 2 atom stereocenters. The van der Waals surface area contributed by atoms with Gasteiger partial charge in [0.05, 0.1) is 34.9 Å². The molecule has 6 nitrogen and oxygen atoms in total. The lowest BCUT2D eigenvalue weighted by molar-refractivity contribution is -0.00435. The summed E-state index contributed by atoms with van der Waals surface area (Å²) in [5.74, 6) is 0.224. The van der Waals surface area contributed by atoms with Crippen molar-refractivity contribution < 1.29 is 22.9 Å². The van der Waals surface area contributed by atoms with Crippen LogP contribution >= 0.6 is 31.0 Å². The van der Waals surface area contributed by atoms with Crippen molar-refractivity contribution in [3.05, 3.63) is 63.6 Å². The van der Waals surface area contributed by atoms with Crippen molar-refractivity contribution in [1.82, 2.24) is 0 Å². The van der Waals surface area contributed by atoms with Gasteiger partial charge in [-0.3, -0.25) is 9.05 Å². The fourth-order valence-corrected chi connectivity index (χ4v) is 6.65. The van der Waals surface area contributed by atoms with Gasteiger partial charge in [0.15, 0.2) is 0 Å². The molecule has 0 heterocycles. The Morgan fingerprint density at radius 3 is 1.84 bits per heavy atom. The summed E-state index contributed by atoms with van der Waals surface area (Å²) in [5, 5.41) is 9.85. The number of benzene rings is 2. The first kappa shape index (κ1) is 39.6. The first-order chi connectivity index (χ1) is 21.9. The van der Waals surface area contributed by atoms with E-state index >= 15 is 0 Å². The summed E-state index contributed by atoms with van der Waals surface area (Å²) in [4.78, 5) is 0. The molecule has 252 valence electrons. The Bertz CT molecular complexity index is 1160. The van der Waals surface area contributed by atoms with E-state index in [4.69, 9.17) is 46.8 Å². The van der Waals surface area contributed by atoms with Crippen molar-refractivity contribution >= 4 is 31.0 Å². The summed E-state index contributed by atoms with van der Waals surface area (Å²) in [5.41, 5.74) is 1.26. The van der Waals surface area contributed by atoms with Crippen LogP contribution in [-0.4, -0.2) is 19.8 Å². The van der Waals surface area contributed by atoms with E-state index in [0.29, 0.717) is 15.6 Å². The molecule has 0 spiro atoms. The number of nitriles is 1. The Labute approximate surface area is 282 Å². The lowest BCUT2D eigenvalue weighted by Gasteiger charge is -2.22. The smallest absolute Gasteiger partial charge is 0.402 e. The summed E-state index contributed by atoms with van der Waals surface area (Å²) in [7, 11) is -2.64. The molecule has 1 unspecified atom stereocenters. The number of para-hydroxylation sites is 1. The first-order valence-electron chi connectivity index (χ1n) is 16.9. The highest BCUT2D eigenvalue weighted by atomic mass is 35.5. The maximum atomic E-state index is 13.2. The average molecular weight is 683 g/mol. The van der Waals surface area contributed by atoms with E-state index in [1.165, 1.54) is 103 Å². The van der Waals surface area contributed by atoms with Gasteiger partial charge in [-0.15, -0.1) is 0 Å². The van der Waals surface area contributed by atoms with Crippen LogP contribution in [0.5, 0.6) is 5.75 Å². The monoisotopic (exact) mass is 681 g/mol. The predicted molar refractivity (Wildman–Crippen MR) is 186 cm³/mol. The number of rotatable bonds is 27. The van der Waals surface area contributed by atoms with Crippen LogP contribution in [0.4, 0.5) is 0 Å². The number of phosphoric acid groups is 1. The van der Waals surface area contributed by atoms with Crippen molar-refractivity contribution in [3.63, 3.8) is 0 Å². The summed E-state index contributed by atoms with van der Waals surface area (Å²) in [6.45, 7) is 2.58. The van der Waals surface area contributed by atoms with E-state index in [9.17, 15) is 4.57 Å². The Kier molecular flexibility index (Phi) is 21.6. The van der Waals surface area contributed by atoms with Crippen LogP contribution in [0.3, 0.4) is 0 Å². The molecule has 0 radical (unpaired) electrons. The Balaban J connectivity index is 1.70. The van der Waals surface area contributed by atoms with E-state index in [-0.39, 0.29) is 25.1 Å². The van der Waals surface area contributed by atoms with Gasteiger partial charge in [-0.25, -0.2) is 4.57 Å². The van der Waals surface area contributed by atoms with Crippen LogP contribution in [0, 0.1) is 11.3 Å². The minimum atomic E-state index is -3.92. The highest BCUT2D eigenvalue weighted by Crippen LogP contribution is 2.50. The third-order valence-electron chi connectivity index (χ3n) is 7.96. The van der Waals surface area contributed by atoms with E-state index in [0.717, 1.165) is 24.8 Å². The summed E-state index contributed by atoms with van der Waals surface area (Å²) >= 11 is 12.4. The molecule has 45 heavy (non-hydrogen) atoms. The zero-order valence-electron chi connectivity index (χ0n) is 27.5. The second-order valence-electron chi connectivity index (χ2n) is 11.8.